The van der Waals surface area contributed by atoms with E-state index < -0.39 is 5.97 Å². The minimum absolute atomic E-state index is 0.280. The third-order valence-electron chi connectivity index (χ3n) is 4.59. The smallest absolute Gasteiger partial charge is 0.308 e. The summed E-state index contributed by atoms with van der Waals surface area (Å²) in [6.07, 6.45) is 0. The van der Waals surface area contributed by atoms with E-state index in [9.17, 15) is 9.59 Å². The summed E-state index contributed by atoms with van der Waals surface area (Å²) < 4.78 is 5.04. The highest BCUT2D eigenvalue weighted by Gasteiger charge is 2.12. The number of benzene rings is 3. The number of hydrogen-bond donors (Lipinski definition) is 1. The van der Waals surface area contributed by atoms with E-state index in [0.717, 1.165) is 26.7 Å². The lowest BCUT2D eigenvalue weighted by Crippen LogP contribution is -2.12. The fourth-order valence-corrected chi connectivity index (χ4v) is 4.09. The molecule has 5 nitrogen and oxygen atoms in total. The van der Waals surface area contributed by atoms with Gasteiger partial charge in [0.2, 0.25) is 0 Å². The van der Waals surface area contributed by atoms with Crippen molar-refractivity contribution < 1.29 is 14.3 Å². The van der Waals surface area contributed by atoms with Crippen LogP contribution >= 0.6 is 11.3 Å². The van der Waals surface area contributed by atoms with Crippen LogP contribution in [0.2, 0.25) is 0 Å². The second-order valence-corrected chi connectivity index (χ2v) is 8.15. The van der Waals surface area contributed by atoms with Crippen molar-refractivity contribution in [3.05, 3.63) is 89.3 Å². The highest BCUT2D eigenvalue weighted by molar-refractivity contribution is 7.15. The molecule has 0 aliphatic rings. The van der Waals surface area contributed by atoms with Crippen LogP contribution in [0.4, 0.5) is 5.69 Å². The average molecular weight is 429 g/mol. The molecule has 0 aliphatic heterocycles. The van der Waals surface area contributed by atoms with E-state index in [-0.39, 0.29) is 5.91 Å². The number of aryl methyl sites for hydroxylation is 1. The maximum Gasteiger partial charge on any atom is 0.308 e. The summed E-state index contributed by atoms with van der Waals surface area (Å²) in [5.41, 5.74) is 4.11. The number of thiazole rings is 1. The van der Waals surface area contributed by atoms with Crippen LogP contribution in [0.3, 0.4) is 0 Å². The zero-order valence-corrected chi connectivity index (χ0v) is 17.9. The number of nitrogens with zero attached hydrogens (tertiary/aromatic N) is 1. The lowest BCUT2D eigenvalue weighted by Gasteiger charge is -2.08. The first-order valence-corrected chi connectivity index (χ1v) is 10.5. The summed E-state index contributed by atoms with van der Waals surface area (Å²) in [4.78, 5) is 29.6. The van der Waals surface area contributed by atoms with Gasteiger partial charge in [-0.1, -0.05) is 48.5 Å². The minimum Gasteiger partial charge on any atom is -0.427 e. The van der Waals surface area contributed by atoms with Crippen molar-refractivity contribution in [3.63, 3.8) is 0 Å². The maximum atomic E-state index is 12.6. The lowest BCUT2D eigenvalue weighted by molar-refractivity contribution is -0.131. The third kappa shape index (κ3) is 4.87. The molecule has 0 unspecified atom stereocenters. The Balaban J connectivity index is 1.50. The number of carbonyl (C=O) groups is 2. The van der Waals surface area contributed by atoms with Gasteiger partial charge in [-0.25, -0.2) is 4.98 Å². The first kappa shape index (κ1) is 20.5. The highest BCUT2D eigenvalue weighted by atomic mass is 32.1. The predicted octanol–water partition coefficient (Wildman–Crippen LogP) is 5.96. The predicted molar refractivity (Wildman–Crippen MR) is 123 cm³/mol. The maximum absolute atomic E-state index is 12.6. The van der Waals surface area contributed by atoms with Crippen molar-refractivity contribution in [1.82, 2.24) is 4.98 Å². The Morgan fingerprint density at radius 2 is 1.65 bits per heavy atom. The first-order valence-electron chi connectivity index (χ1n) is 9.73. The molecule has 4 aromatic rings. The monoisotopic (exact) mass is 428 g/mol. The molecule has 0 saturated carbocycles. The Morgan fingerprint density at radius 3 is 2.35 bits per heavy atom. The number of anilines is 1. The van der Waals surface area contributed by atoms with Crippen molar-refractivity contribution in [1.29, 1.82) is 0 Å². The van der Waals surface area contributed by atoms with E-state index in [1.807, 2.05) is 42.5 Å². The Hall–Kier alpha value is -3.77. The number of aromatic nitrogens is 1. The molecule has 0 fully saturated rings. The van der Waals surface area contributed by atoms with Crippen LogP contribution in [0.5, 0.6) is 5.75 Å². The van der Waals surface area contributed by atoms with E-state index in [1.54, 1.807) is 29.5 Å². The van der Waals surface area contributed by atoms with Gasteiger partial charge >= 0.3 is 5.97 Å². The summed E-state index contributed by atoms with van der Waals surface area (Å²) >= 11 is 1.66. The molecule has 154 valence electrons. The van der Waals surface area contributed by atoms with Gasteiger partial charge in [-0.2, -0.15) is 0 Å². The Bertz CT molecular complexity index is 1230. The van der Waals surface area contributed by atoms with Gasteiger partial charge in [-0.05, 0) is 37.3 Å². The number of hydrogen-bond acceptors (Lipinski definition) is 5. The molecule has 4 rings (SSSR count). The lowest BCUT2D eigenvalue weighted by atomic mass is 10.1. The Morgan fingerprint density at radius 1 is 0.903 bits per heavy atom. The summed E-state index contributed by atoms with van der Waals surface area (Å²) in [5.74, 6) is -0.373. The van der Waals surface area contributed by atoms with Gasteiger partial charge in [0.25, 0.3) is 5.91 Å². The van der Waals surface area contributed by atoms with E-state index in [1.165, 1.54) is 13.0 Å². The van der Waals surface area contributed by atoms with Gasteiger partial charge in [-0.15, -0.1) is 11.3 Å². The standard InChI is InChI=1S/C25H20N2O3S/c1-16-23(27-25(31-16)19-7-4-3-5-8-19)18-11-13-21(14-12-18)26-24(29)20-9-6-10-22(15-20)30-17(2)28/h3-15H,1-2H3,(H,26,29). The van der Waals surface area contributed by atoms with Crippen molar-refractivity contribution in [2.45, 2.75) is 13.8 Å². The molecule has 31 heavy (non-hydrogen) atoms. The largest absolute Gasteiger partial charge is 0.427 e. The van der Waals surface area contributed by atoms with Crippen molar-refractivity contribution >= 4 is 28.9 Å². The van der Waals surface area contributed by atoms with E-state index >= 15 is 0 Å². The SMILES string of the molecule is CC(=O)Oc1cccc(C(=O)Nc2ccc(-c3nc(-c4ccccc4)sc3C)cc2)c1. The van der Waals surface area contributed by atoms with Crippen LogP contribution in [-0.2, 0) is 4.79 Å². The van der Waals surface area contributed by atoms with E-state index in [2.05, 4.69) is 24.4 Å². The van der Waals surface area contributed by atoms with Crippen LogP contribution in [0.1, 0.15) is 22.2 Å². The number of rotatable bonds is 5. The molecule has 0 atom stereocenters. The van der Waals surface area contributed by atoms with Gasteiger partial charge in [-0.3, -0.25) is 9.59 Å². The number of esters is 1. The third-order valence-corrected chi connectivity index (χ3v) is 5.61. The van der Waals surface area contributed by atoms with Crippen LogP contribution in [0.15, 0.2) is 78.9 Å². The summed E-state index contributed by atoms with van der Waals surface area (Å²) in [6.45, 7) is 3.38. The van der Waals surface area contributed by atoms with Gasteiger partial charge < -0.3 is 10.1 Å². The fourth-order valence-electron chi connectivity index (χ4n) is 3.15. The topological polar surface area (TPSA) is 68.3 Å². The molecule has 0 spiro atoms. The van der Waals surface area contributed by atoms with Crippen molar-refractivity contribution in [2.75, 3.05) is 5.32 Å². The molecule has 0 saturated heterocycles. The van der Waals surface area contributed by atoms with Crippen LogP contribution < -0.4 is 10.1 Å². The highest BCUT2D eigenvalue weighted by Crippen LogP contribution is 2.33. The molecule has 6 heteroatoms. The normalized spacial score (nSPS) is 10.5. The number of carbonyl (C=O) groups excluding carboxylic acids is 2. The summed E-state index contributed by atoms with van der Waals surface area (Å²) in [6, 6.07) is 24.2. The molecule has 1 amide bonds. The molecule has 1 N–H and O–H groups in total. The number of amides is 1. The molecule has 0 radical (unpaired) electrons. The molecule has 0 bridgehead atoms. The van der Waals surface area contributed by atoms with E-state index in [4.69, 9.17) is 9.72 Å². The van der Waals surface area contributed by atoms with Gasteiger partial charge in [0.15, 0.2) is 0 Å². The van der Waals surface area contributed by atoms with Gasteiger partial charge in [0.05, 0.1) is 5.69 Å². The van der Waals surface area contributed by atoms with Crippen molar-refractivity contribution in [3.8, 4) is 27.6 Å². The first-order chi connectivity index (χ1) is 15.0. The molecule has 1 heterocycles. The van der Waals surface area contributed by atoms with Crippen LogP contribution in [0.25, 0.3) is 21.8 Å². The van der Waals surface area contributed by atoms with Gasteiger partial charge in [0, 0.05) is 34.2 Å². The number of nitrogens with one attached hydrogen (secondary N) is 1. The van der Waals surface area contributed by atoms with Crippen LogP contribution in [0, 0.1) is 6.92 Å². The van der Waals surface area contributed by atoms with E-state index in [0.29, 0.717) is 17.0 Å². The minimum atomic E-state index is -0.430. The molecule has 3 aromatic carbocycles. The van der Waals surface area contributed by atoms with Crippen molar-refractivity contribution in [2.24, 2.45) is 0 Å². The Labute approximate surface area is 184 Å². The second-order valence-electron chi connectivity index (χ2n) is 6.94. The summed E-state index contributed by atoms with van der Waals surface area (Å²) in [5, 5.41) is 3.85. The molecular formula is C25H20N2O3S. The van der Waals surface area contributed by atoms with Crippen LogP contribution in [-0.4, -0.2) is 16.9 Å². The average Bonchev–Trinajstić information content (AvgIpc) is 3.16. The Kier molecular flexibility index (Phi) is 5.91. The quantitative estimate of drug-likeness (QED) is 0.314. The molecule has 1 aromatic heterocycles. The zero-order chi connectivity index (χ0) is 21.8. The number of ether oxygens (including phenoxy) is 1. The zero-order valence-electron chi connectivity index (χ0n) is 17.1. The second kappa shape index (κ2) is 8.93. The van der Waals surface area contributed by atoms with Gasteiger partial charge in [0.1, 0.15) is 10.8 Å². The fraction of sp³-hybridized carbons (Fsp3) is 0.0800. The summed E-state index contributed by atoms with van der Waals surface area (Å²) in [7, 11) is 0. The molecular weight excluding hydrogens is 408 g/mol. The molecule has 0 aliphatic carbocycles.